The van der Waals surface area contributed by atoms with Crippen molar-refractivity contribution in [2.24, 2.45) is 0 Å². The van der Waals surface area contributed by atoms with E-state index in [1.54, 1.807) is 36.4 Å². The second-order valence-corrected chi connectivity index (χ2v) is 7.29. The molecule has 0 spiro atoms. The lowest BCUT2D eigenvalue weighted by Gasteiger charge is -2.11. The molecule has 0 aliphatic carbocycles. The summed E-state index contributed by atoms with van der Waals surface area (Å²) in [6.07, 6.45) is -4.74. The van der Waals surface area contributed by atoms with Crippen molar-refractivity contribution in [3.05, 3.63) is 71.0 Å². The fourth-order valence-electron chi connectivity index (χ4n) is 3.25. The Kier molecular flexibility index (Phi) is 4.66. The van der Waals surface area contributed by atoms with Gasteiger partial charge in [0, 0.05) is 22.3 Å². The molecule has 7 nitrogen and oxygen atoms in total. The van der Waals surface area contributed by atoms with Crippen LogP contribution in [0.1, 0.15) is 16.2 Å². The number of hydrogen-bond acceptors (Lipinski definition) is 5. The Hall–Kier alpha value is -3.79. The first-order chi connectivity index (χ1) is 15.3. The van der Waals surface area contributed by atoms with Crippen molar-refractivity contribution in [1.29, 1.82) is 0 Å². The third kappa shape index (κ3) is 3.69. The zero-order valence-corrected chi connectivity index (χ0v) is 16.7. The third-order valence-corrected chi connectivity index (χ3v) is 4.94. The molecular formula is C21H12ClF3N4O3. The fraction of sp³-hybridized carbons (Fsp3) is 0.0952. The predicted molar refractivity (Wildman–Crippen MR) is 109 cm³/mol. The molecule has 0 unspecified atom stereocenters. The Labute approximate surface area is 183 Å². The molecule has 1 amide bonds. The molecule has 0 saturated heterocycles. The normalized spacial score (nSPS) is 12.9. The van der Waals surface area contributed by atoms with Crippen molar-refractivity contribution in [3.63, 3.8) is 0 Å². The van der Waals surface area contributed by atoms with E-state index in [0.29, 0.717) is 32.3 Å². The second-order valence-electron chi connectivity index (χ2n) is 6.86. The molecule has 0 radical (unpaired) electrons. The van der Waals surface area contributed by atoms with E-state index in [0.717, 1.165) is 6.07 Å². The van der Waals surface area contributed by atoms with Crippen LogP contribution in [-0.2, 0) is 6.18 Å². The van der Waals surface area contributed by atoms with Crippen LogP contribution in [0.15, 0.2) is 54.6 Å². The number of carbonyl (C=O) groups is 1. The van der Waals surface area contributed by atoms with E-state index in [2.05, 4.69) is 15.4 Å². The molecule has 162 valence electrons. The van der Waals surface area contributed by atoms with E-state index < -0.39 is 17.8 Å². The Morgan fingerprint density at radius 2 is 1.88 bits per heavy atom. The quantitative estimate of drug-likeness (QED) is 0.463. The lowest BCUT2D eigenvalue weighted by molar-refractivity contribution is -0.142. The van der Waals surface area contributed by atoms with Crippen LogP contribution in [0.3, 0.4) is 0 Å². The summed E-state index contributed by atoms with van der Waals surface area (Å²) in [5.74, 6) is 0.207. The highest BCUT2D eigenvalue weighted by molar-refractivity contribution is 6.30. The molecule has 2 aromatic carbocycles. The Morgan fingerprint density at radius 1 is 1.06 bits per heavy atom. The molecule has 0 atom stereocenters. The molecular weight excluding hydrogens is 449 g/mol. The van der Waals surface area contributed by atoms with E-state index in [9.17, 15) is 18.0 Å². The number of carbonyl (C=O) groups excluding carboxylic acids is 1. The van der Waals surface area contributed by atoms with Crippen LogP contribution in [0.4, 0.5) is 18.9 Å². The number of nitrogens with one attached hydrogen (secondary N) is 1. The molecule has 5 rings (SSSR count). The number of amides is 1. The van der Waals surface area contributed by atoms with Gasteiger partial charge in [0.05, 0.1) is 5.69 Å². The number of fused-ring (bicyclic) bond motifs is 2. The summed E-state index contributed by atoms with van der Waals surface area (Å²) in [6, 6.07) is 13.1. The molecule has 0 fully saturated rings. The minimum atomic E-state index is -4.74. The summed E-state index contributed by atoms with van der Waals surface area (Å²) >= 11 is 5.90. The van der Waals surface area contributed by atoms with Gasteiger partial charge >= 0.3 is 6.18 Å². The predicted octanol–water partition coefficient (Wildman–Crippen LogP) is 5.05. The SMILES string of the molecule is O=C(Nc1cccc(Cl)c1)c1cc2nc(-c3ccc4c(c3)OCO4)cc(C(F)(F)F)n2n1. The third-order valence-electron chi connectivity index (χ3n) is 4.70. The first-order valence-electron chi connectivity index (χ1n) is 9.23. The first-order valence-corrected chi connectivity index (χ1v) is 9.61. The molecule has 4 aromatic rings. The van der Waals surface area contributed by atoms with Crippen LogP contribution >= 0.6 is 11.6 Å². The van der Waals surface area contributed by atoms with Crippen molar-refractivity contribution < 1.29 is 27.4 Å². The summed E-state index contributed by atoms with van der Waals surface area (Å²) in [7, 11) is 0. The van der Waals surface area contributed by atoms with Crippen molar-refractivity contribution >= 4 is 28.8 Å². The maximum absolute atomic E-state index is 13.8. The van der Waals surface area contributed by atoms with Gasteiger partial charge < -0.3 is 14.8 Å². The molecule has 1 aliphatic heterocycles. The lowest BCUT2D eigenvalue weighted by Crippen LogP contribution is -2.15. The van der Waals surface area contributed by atoms with Gasteiger partial charge in [-0.2, -0.15) is 18.3 Å². The van der Waals surface area contributed by atoms with Gasteiger partial charge in [-0.15, -0.1) is 0 Å². The number of halogens is 4. The number of alkyl halides is 3. The van der Waals surface area contributed by atoms with Gasteiger partial charge in [0.1, 0.15) is 0 Å². The van der Waals surface area contributed by atoms with Gasteiger partial charge in [0.15, 0.2) is 28.5 Å². The van der Waals surface area contributed by atoms with E-state index in [4.69, 9.17) is 21.1 Å². The summed E-state index contributed by atoms with van der Waals surface area (Å²) in [4.78, 5) is 16.8. The number of ether oxygens (including phenoxy) is 2. The van der Waals surface area contributed by atoms with Crippen LogP contribution in [-0.4, -0.2) is 27.3 Å². The molecule has 1 aliphatic rings. The van der Waals surface area contributed by atoms with Gasteiger partial charge in [-0.25, -0.2) is 9.50 Å². The minimum absolute atomic E-state index is 0.0345. The minimum Gasteiger partial charge on any atom is -0.454 e. The fourth-order valence-corrected chi connectivity index (χ4v) is 3.44. The largest absolute Gasteiger partial charge is 0.454 e. The van der Waals surface area contributed by atoms with Crippen LogP contribution in [0, 0.1) is 0 Å². The van der Waals surface area contributed by atoms with Gasteiger partial charge in [0.25, 0.3) is 5.91 Å². The zero-order chi connectivity index (χ0) is 22.5. The Balaban J connectivity index is 1.57. The lowest BCUT2D eigenvalue weighted by atomic mass is 10.1. The summed E-state index contributed by atoms with van der Waals surface area (Å²) in [5, 5.41) is 6.78. The number of hydrogen-bond donors (Lipinski definition) is 1. The van der Waals surface area contributed by atoms with Crippen molar-refractivity contribution in [2.45, 2.75) is 6.18 Å². The number of rotatable bonds is 3. The highest BCUT2D eigenvalue weighted by atomic mass is 35.5. The van der Waals surface area contributed by atoms with E-state index in [1.165, 1.54) is 12.1 Å². The molecule has 3 heterocycles. The smallest absolute Gasteiger partial charge is 0.433 e. The van der Waals surface area contributed by atoms with E-state index >= 15 is 0 Å². The average Bonchev–Trinajstić information content (AvgIpc) is 3.38. The topological polar surface area (TPSA) is 77.8 Å². The molecule has 0 bridgehead atoms. The van der Waals surface area contributed by atoms with Gasteiger partial charge in [-0.05, 0) is 42.5 Å². The van der Waals surface area contributed by atoms with Crippen molar-refractivity contribution in [2.75, 3.05) is 12.1 Å². The molecule has 32 heavy (non-hydrogen) atoms. The maximum Gasteiger partial charge on any atom is 0.433 e. The monoisotopic (exact) mass is 460 g/mol. The van der Waals surface area contributed by atoms with Gasteiger partial charge in [0.2, 0.25) is 6.79 Å². The molecule has 2 aromatic heterocycles. The Bertz CT molecular complexity index is 1370. The number of anilines is 1. The highest BCUT2D eigenvalue weighted by Gasteiger charge is 2.36. The van der Waals surface area contributed by atoms with Gasteiger partial charge in [-0.3, -0.25) is 4.79 Å². The zero-order valence-electron chi connectivity index (χ0n) is 16.0. The van der Waals surface area contributed by atoms with Crippen LogP contribution < -0.4 is 14.8 Å². The van der Waals surface area contributed by atoms with Crippen molar-refractivity contribution in [1.82, 2.24) is 14.6 Å². The maximum atomic E-state index is 13.8. The first kappa shape index (κ1) is 20.1. The number of nitrogens with zero attached hydrogens (tertiary/aromatic N) is 3. The standard InChI is InChI=1S/C21H12ClF3N4O3/c22-12-2-1-3-13(7-12)26-20(30)15-9-19-27-14(8-18(21(23,24)25)29(19)28-15)11-4-5-16-17(6-11)32-10-31-16/h1-9H,10H2,(H,26,30). The summed E-state index contributed by atoms with van der Waals surface area (Å²) in [6.45, 7) is 0.0345. The van der Waals surface area contributed by atoms with Crippen LogP contribution in [0.2, 0.25) is 5.02 Å². The second kappa shape index (κ2) is 7.41. The number of benzene rings is 2. The van der Waals surface area contributed by atoms with E-state index in [1.807, 2.05) is 0 Å². The average molecular weight is 461 g/mol. The summed E-state index contributed by atoms with van der Waals surface area (Å²) < 4.78 is 52.5. The number of aromatic nitrogens is 3. The Morgan fingerprint density at radius 3 is 2.66 bits per heavy atom. The summed E-state index contributed by atoms with van der Waals surface area (Å²) in [5.41, 5.74) is -0.616. The molecule has 11 heteroatoms. The molecule has 1 N–H and O–H groups in total. The highest BCUT2D eigenvalue weighted by Crippen LogP contribution is 2.37. The van der Waals surface area contributed by atoms with Crippen LogP contribution in [0.25, 0.3) is 16.9 Å². The van der Waals surface area contributed by atoms with Crippen LogP contribution in [0.5, 0.6) is 11.5 Å². The van der Waals surface area contributed by atoms with Gasteiger partial charge in [-0.1, -0.05) is 17.7 Å². The van der Waals surface area contributed by atoms with E-state index in [-0.39, 0.29) is 23.8 Å². The molecule has 0 saturated carbocycles. The van der Waals surface area contributed by atoms with Crippen molar-refractivity contribution in [3.8, 4) is 22.8 Å².